The van der Waals surface area contributed by atoms with Gasteiger partial charge in [-0.2, -0.15) is 0 Å². The van der Waals surface area contributed by atoms with Crippen LogP contribution in [0.5, 0.6) is 0 Å². The number of carbonyl (C=O) groups excluding carboxylic acids is 1. The van der Waals surface area contributed by atoms with E-state index in [1.54, 1.807) is 30.4 Å². The van der Waals surface area contributed by atoms with Gasteiger partial charge in [0.25, 0.3) is 0 Å². The molecule has 0 aliphatic rings. The van der Waals surface area contributed by atoms with Gasteiger partial charge in [0.15, 0.2) is 0 Å². The van der Waals surface area contributed by atoms with Crippen LogP contribution in [-0.2, 0) is 9.53 Å². The van der Waals surface area contributed by atoms with E-state index in [0.717, 1.165) is 0 Å². The first-order valence-electron chi connectivity index (χ1n) is 5.93. The summed E-state index contributed by atoms with van der Waals surface area (Å²) in [6.45, 7) is 3.44. The first-order chi connectivity index (χ1) is 9.16. The fourth-order valence-corrected chi connectivity index (χ4v) is 0.955. The standard InChI is InChI=1S/C16H18O3/c1-3-4-5-6-7-8-9-10-11-12-16(18)13-14-19-15(2)17/h3-4,9-12,16,18H,13-14H2,1-2H3/b4-3-,10-9-,12-11-/t16-/m0/s1. The molecule has 3 nitrogen and oxygen atoms in total. The van der Waals surface area contributed by atoms with Crippen molar-refractivity contribution < 1.29 is 14.6 Å². The zero-order valence-corrected chi connectivity index (χ0v) is 11.2. The molecule has 0 amide bonds. The van der Waals surface area contributed by atoms with Crippen LogP contribution in [0.3, 0.4) is 0 Å². The number of esters is 1. The smallest absolute Gasteiger partial charge is 0.302 e. The largest absolute Gasteiger partial charge is 0.466 e. The summed E-state index contributed by atoms with van der Waals surface area (Å²) in [7, 11) is 0. The van der Waals surface area contributed by atoms with E-state index in [-0.39, 0.29) is 12.6 Å². The number of aliphatic hydroxyl groups is 1. The minimum Gasteiger partial charge on any atom is -0.466 e. The third-order valence-corrected chi connectivity index (χ3v) is 1.80. The third kappa shape index (κ3) is 13.7. The lowest BCUT2D eigenvalue weighted by atomic mass is 10.2. The van der Waals surface area contributed by atoms with Crippen LogP contribution in [0, 0.1) is 23.7 Å². The Morgan fingerprint density at radius 1 is 1.26 bits per heavy atom. The minimum atomic E-state index is -0.633. The maximum absolute atomic E-state index is 10.5. The van der Waals surface area contributed by atoms with Crippen molar-refractivity contribution in [2.24, 2.45) is 0 Å². The van der Waals surface area contributed by atoms with Gasteiger partial charge in [-0.3, -0.25) is 4.79 Å². The Morgan fingerprint density at radius 3 is 2.58 bits per heavy atom. The average molecular weight is 258 g/mol. The van der Waals surface area contributed by atoms with Crippen LogP contribution in [0.15, 0.2) is 36.5 Å². The summed E-state index contributed by atoms with van der Waals surface area (Å²) in [5.41, 5.74) is 0. The lowest BCUT2D eigenvalue weighted by Gasteiger charge is -2.04. The monoisotopic (exact) mass is 258 g/mol. The second-order valence-electron chi connectivity index (χ2n) is 3.48. The highest BCUT2D eigenvalue weighted by Gasteiger charge is 1.99. The summed E-state index contributed by atoms with van der Waals surface area (Å²) in [4.78, 5) is 10.5. The van der Waals surface area contributed by atoms with Gasteiger partial charge in [-0.05, 0) is 30.9 Å². The molecule has 0 bridgehead atoms. The molecule has 100 valence electrons. The van der Waals surface area contributed by atoms with E-state index >= 15 is 0 Å². The fraction of sp³-hybridized carbons (Fsp3) is 0.312. The van der Waals surface area contributed by atoms with Gasteiger partial charge in [-0.15, -0.1) is 0 Å². The van der Waals surface area contributed by atoms with Gasteiger partial charge in [0, 0.05) is 13.3 Å². The molecule has 0 fully saturated rings. The Kier molecular flexibility index (Phi) is 10.8. The van der Waals surface area contributed by atoms with Gasteiger partial charge in [0.1, 0.15) is 0 Å². The Balaban J connectivity index is 3.88. The van der Waals surface area contributed by atoms with Gasteiger partial charge in [-0.25, -0.2) is 0 Å². The van der Waals surface area contributed by atoms with Crippen LogP contribution in [0.2, 0.25) is 0 Å². The summed E-state index contributed by atoms with van der Waals surface area (Å²) >= 11 is 0. The average Bonchev–Trinajstić information content (AvgIpc) is 2.36. The Labute approximate surface area is 114 Å². The normalized spacial score (nSPS) is 11.9. The summed E-state index contributed by atoms with van der Waals surface area (Å²) < 4.78 is 4.71. The molecule has 1 atom stereocenters. The molecule has 0 aliphatic heterocycles. The second-order valence-corrected chi connectivity index (χ2v) is 3.48. The Bertz CT molecular complexity index is 462. The Morgan fingerprint density at radius 2 is 1.95 bits per heavy atom. The molecular weight excluding hydrogens is 240 g/mol. The molecule has 0 rings (SSSR count). The molecule has 19 heavy (non-hydrogen) atoms. The number of rotatable bonds is 5. The predicted molar refractivity (Wildman–Crippen MR) is 75.9 cm³/mol. The molecule has 0 aromatic carbocycles. The number of aliphatic hydroxyl groups excluding tert-OH is 1. The van der Waals surface area contributed by atoms with Gasteiger partial charge in [0.2, 0.25) is 0 Å². The molecular formula is C16H18O3. The summed E-state index contributed by atoms with van der Waals surface area (Å²) in [6, 6.07) is 0. The van der Waals surface area contributed by atoms with E-state index in [2.05, 4.69) is 23.7 Å². The Hall–Kier alpha value is -2.23. The highest BCUT2D eigenvalue weighted by molar-refractivity contribution is 5.65. The van der Waals surface area contributed by atoms with Crippen molar-refractivity contribution in [1.82, 2.24) is 0 Å². The van der Waals surface area contributed by atoms with Crippen LogP contribution in [-0.4, -0.2) is 23.8 Å². The van der Waals surface area contributed by atoms with E-state index in [1.165, 1.54) is 6.92 Å². The molecule has 0 aromatic heterocycles. The van der Waals surface area contributed by atoms with Crippen LogP contribution in [0.4, 0.5) is 0 Å². The topological polar surface area (TPSA) is 46.5 Å². The molecule has 0 heterocycles. The van der Waals surface area contributed by atoms with Crippen molar-refractivity contribution in [2.75, 3.05) is 6.61 Å². The SMILES string of the molecule is C/C=C\C#CC#C/C=C\C=C/[C@H](O)CCOC(C)=O. The van der Waals surface area contributed by atoms with Gasteiger partial charge < -0.3 is 9.84 Å². The van der Waals surface area contributed by atoms with Crippen molar-refractivity contribution in [3.8, 4) is 23.7 Å². The van der Waals surface area contributed by atoms with Gasteiger partial charge >= 0.3 is 5.97 Å². The maximum Gasteiger partial charge on any atom is 0.302 e. The van der Waals surface area contributed by atoms with Crippen molar-refractivity contribution in [3.05, 3.63) is 36.5 Å². The fourth-order valence-electron chi connectivity index (χ4n) is 0.955. The molecule has 0 unspecified atom stereocenters. The zero-order chi connectivity index (χ0) is 14.3. The molecule has 0 radical (unpaired) electrons. The highest BCUT2D eigenvalue weighted by atomic mass is 16.5. The van der Waals surface area contributed by atoms with E-state index in [4.69, 9.17) is 4.74 Å². The number of hydrogen-bond donors (Lipinski definition) is 1. The highest BCUT2D eigenvalue weighted by Crippen LogP contribution is 1.95. The molecule has 1 N–H and O–H groups in total. The molecule has 3 heteroatoms. The summed E-state index contributed by atoms with van der Waals surface area (Å²) in [5.74, 6) is 10.4. The molecule has 0 saturated carbocycles. The van der Waals surface area contributed by atoms with Crippen LogP contribution in [0.1, 0.15) is 20.3 Å². The number of hydrogen-bond acceptors (Lipinski definition) is 3. The minimum absolute atomic E-state index is 0.213. The van der Waals surface area contributed by atoms with Gasteiger partial charge in [0.05, 0.1) is 12.7 Å². The number of ether oxygens (including phenoxy) is 1. The van der Waals surface area contributed by atoms with Crippen molar-refractivity contribution in [2.45, 2.75) is 26.4 Å². The molecule has 0 aromatic rings. The van der Waals surface area contributed by atoms with E-state index in [0.29, 0.717) is 6.42 Å². The van der Waals surface area contributed by atoms with Crippen LogP contribution in [0.25, 0.3) is 0 Å². The lowest BCUT2D eigenvalue weighted by molar-refractivity contribution is -0.141. The van der Waals surface area contributed by atoms with Gasteiger partial charge in [-0.1, -0.05) is 36.1 Å². The van der Waals surface area contributed by atoms with E-state index in [1.807, 2.05) is 13.0 Å². The van der Waals surface area contributed by atoms with Crippen LogP contribution >= 0.6 is 0 Å². The summed E-state index contributed by atoms with van der Waals surface area (Å²) in [5, 5.41) is 9.48. The molecule has 0 spiro atoms. The predicted octanol–water partition coefficient (Wildman–Crippen LogP) is 2.00. The quantitative estimate of drug-likeness (QED) is 0.466. The molecule has 0 aliphatic carbocycles. The number of carbonyl (C=O) groups is 1. The van der Waals surface area contributed by atoms with Crippen molar-refractivity contribution in [1.29, 1.82) is 0 Å². The number of allylic oxidation sites excluding steroid dienone is 5. The summed E-state index contributed by atoms with van der Waals surface area (Å²) in [6.07, 6.45) is 9.94. The van der Waals surface area contributed by atoms with E-state index in [9.17, 15) is 9.90 Å². The maximum atomic E-state index is 10.5. The first-order valence-corrected chi connectivity index (χ1v) is 5.93. The zero-order valence-electron chi connectivity index (χ0n) is 11.2. The van der Waals surface area contributed by atoms with Crippen molar-refractivity contribution in [3.63, 3.8) is 0 Å². The molecule has 0 saturated heterocycles. The van der Waals surface area contributed by atoms with Crippen molar-refractivity contribution >= 4 is 5.97 Å². The van der Waals surface area contributed by atoms with E-state index < -0.39 is 6.10 Å². The lowest BCUT2D eigenvalue weighted by Crippen LogP contribution is -2.09. The third-order valence-electron chi connectivity index (χ3n) is 1.80. The second kappa shape index (κ2) is 12.2. The first kappa shape index (κ1) is 16.8. The van der Waals surface area contributed by atoms with Crippen LogP contribution < -0.4 is 0 Å².